The molecule has 0 spiro atoms. The molecule has 2 aromatic rings. The van der Waals surface area contributed by atoms with Crippen molar-refractivity contribution in [1.29, 1.82) is 0 Å². The van der Waals surface area contributed by atoms with Crippen LogP contribution in [0.3, 0.4) is 0 Å². The van der Waals surface area contributed by atoms with Crippen LogP contribution in [0.2, 0.25) is 0 Å². The van der Waals surface area contributed by atoms with E-state index in [9.17, 15) is 19.2 Å². The Bertz CT molecular complexity index is 1130. The second-order valence-electron chi connectivity index (χ2n) is 10.2. The molecule has 4 atom stereocenters. The van der Waals surface area contributed by atoms with Crippen molar-refractivity contribution >= 4 is 23.9 Å². The van der Waals surface area contributed by atoms with Crippen molar-refractivity contribution in [1.82, 2.24) is 0 Å². The van der Waals surface area contributed by atoms with E-state index in [0.29, 0.717) is 11.1 Å². The molecule has 0 saturated heterocycles. The Morgan fingerprint density at radius 3 is 1.95 bits per heavy atom. The Hall–Kier alpha value is -3.72. The first-order chi connectivity index (χ1) is 19.0. The molecule has 0 fully saturated rings. The fourth-order valence-electron chi connectivity index (χ4n) is 3.54. The molecule has 2 N–H and O–H groups in total. The summed E-state index contributed by atoms with van der Waals surface area (Å²) in [6.07, 6.45) is 1.44. The van der Waals surface area contributed by atoms with Gasteiger partial charge in [0, 0.05) is 12.8 Å². The topological polar surface area (TPSA) is 131 Å². The predicted octanol–water partition coefficient (Wildman–Crippen LogP) is 5.03. The summed E-state index contributed by atoms with van der Waals surface area (Å²) in [5.74, 6) is -1.59. The van der Waals surface area contributed by atoms with E-state index in [1.165, 1.54) is 6.07 Å². The van der Waals surface area contributed by atoms with Gasteiger partial charge in [-0.05, 0) is 55.0 Å². The molecule has 9 nitrogen and oxygen atoms in total. The fraction of sp³-hybridized carbons (Fsp3) is 0.484. The second-order valence-corrected chi connectivity index (χ2v) is 10.2. The zero-order valence-corrected chi connectivity index (χ0v) is 24.0. The summed E-state index contributed by atoms with van der Waals surface area (Å²) in [5.41, 5.74) is 7.07. The van der Waals surface area contributed by atoms with E-state index in [4.69, 9.17) is 24.7 Å². The van der Waals surface area contributed by atoms with Gasteiger partial charge in [0.25, 0.3) is 0 Å². The van der Waals surface area contributed by atoms with Gasteiger partial charge in [-0.2, -0.15) is 0 Å². The molecule has 2 rings (SSSR count). The minimum atomic E-state index is -1.03. The normalized spacial score (nSPS) is 13.8. The number of ether oxygens (including phenoxy) is 4. The molecule has 0 aliphatic rings. The molecule has 0 heterocycles. The fourth-order valence-corrected chi connectivity index (χ4v) is 3.54. The summed E-state index contributed by atoms with van der Waals surface area (Å²) in [5, 5.41) is 0. The summed E-state index contributed by atoms with van der Waals surface area (Å²) in [6.45, 7) is 9.33. The van der Waals surface area contributed by atoms with Gasteiger partial charge in [-0.15, -0.1) is 0 Å². The van der Waals surface area contributed by atoms with Crippen molar-refractivity contribution in [3.05, 3.63) is 59.7 Å². The van der Waals surface area contributed by atoms with Crippen LogP contribution in [0, 0.1) is 11.8 Å². The molecule has 0 aliphatic carbocycles. The van der Waals surface area contributed by atoms with Crippen molar-refractivity contribution in [3.8, 4) is 11.5 Å². The van der Waals surface area contributed by atoms with Crippen molar-refractivity contribution in [2.24, 2.45) is 17.6 Å². The van der Waals surface area contributed by atoms with Gasteiger partial charge in [0.15, 0.2) is 11.5 Å². The monoisotopic (exact) mass is 555 g/mol. The van der Waals surface area contributed by atoms with Gasteiger partial charge >= 0.3 is 23.9 Å². The first kappa shape index (κ1) is 32.5. The molecule has 2 unspecified atom stereocenters. The first-order valence-electron chi connectivity index (χ1n) is 13.7. The molecular weight excluding hydrogens is 514 g/mol. The number of carbonyl (C=O) groups excluding carboxylic acids is 4. The highest BCUT2D eigenvalue weighted by Crippen LogP contribution is 2.30. The summed E-state index contributed by atoms with van der Waals surface area (Å²) >= 11 is 0. The second kappa shape index (κ2) is 16.4. The highest BCUT2D eigenvalue weighted by Gasteiger charge is 2.22. The quantitative estimate of drug-likeness (QED) is 0.237. The Kier molecular flexibility index (Phi) is 13.3. The minimum Gasteiger partial charge on any atom is -0.458 e. The third-order valence-electron chi connectivity index (χ3n) is 6.41. The highest BCUT2D eigenvalue weighted by atomic mass is 16.6. The van der Waals surface area contributed by atoms with Crippen LogP contribution in [0.15, 0.2) is 48.5 Å². The van der Waals surface area contributed by atoms with Crippen LogP contribution in [-0.4, -0.2) is 42.6 Å². The lowest BCUT2D eigenvalue weighted by Gasteiger charge is -2.18. The minimum absolute atomic E-state index is 0.0758. The molecule has 0 saturated carbocycles. The zero-order chi connectivity index (χ0) is 29.7. The van der Waals surface area contributed by atoms with E-state index in [0.717, 1.165) is 12.8 Å². The van der Waals surface area contributed by atoms with Crippen molar-refractivity contribution < 1.29 is 38.1 Å². The van der Waals surface area contributed by atoms with Crippen LogP contribution in [0.25, 0.3) is 0 Å². The van der Waals surface area contributed by atoms with E-state index in [1.807, 2.05) is 27.7 Å². The van der Waals surface area contributed by atoms with Gasteiger partial charge in [0.2, 0.25) is 0 Å². The maximum absolute atomic E-state index is 12.6. The molecular formula is C31H41NO8. The highest BCUT2D eigenvalue weighted by molar-refractivity contribution is 5.89. The Morgan fingerprint density at radius 1 is 0.800 bits per heavy atom. The maximum atomic E-state index is 12.6. The van der Waals surface area contributed by atoms with E-state index < -0.39 is 36.0 Å². The number of nitrogens with two attached hydrogens (primary N) is 1. The number of carbonyl (C=O) groups is 4. The number of esters is 4. The summed E-state index contributed by atoms with van der Waals surface area (Å²) in [6, 6.07) is 12.2. The number of hydrogen-bond acceptors (Lipinski definition) is 9. The standard InChI is InChI=1S/C31H41NO8/c1-6-20(3)15-28(33)39-26-14-13-23(18-27(26)40-29(34)16-21(4)7-2)17-25(32)31(36)38-22(5)19-37-30(35)24-11-9-8-10-12-24/h8-14,18,20-22,25H,6-7,15-17,19,32H2,1-5H3/t20?,21?,22-,25-/m0/s1. The molecule has 0 aliphatic heterocycles. The number of rotatable bonds is 15. The van der Waals surface area contributed by atoms with E-state index in [1.54, 1.807) is 49.4 Å². The average Bonchev–Trinajstić information content (AvgIpc) is 2.93. The lowest BCUT2D eigenvalue weighted by Crippen LogP contribution is -2.37. The lowest BCUT2D eigenvalue weighted by atomic mass is 10.0. The molecule has 2 aromatic carbocycles. The summed E-state index contributed by atoms with van der Waals surface area (Å²) < 4.78 is 21.6. The van der Waals surface area contributed by atoms with Crippen LogP contribution in [0.1, 0.15) is 76.2 Å². The lowest BCUT2D eigenvalue weighted by molar-refractivity contribution is -0.151. The zero-order valence-electron chi connectivity index (χ0n) is 24.0. The van der Waals surface area contributed by atoms with E-state index in [-0.39, 0.29) is 49.2 Å². The molecule has 40 heavy (non-hydrogen) atoms. The Labute approximate surface area is 236 Å². The van der Waals surface area contributed by atoms with Crippen molar-refractivity contribution in [2.45, 2.75) is 78.9 Å². The van der Waals surface area contributed by atoms with Crippen LogP contribution in [0.4, 0.5) is 0 Å². The molecule has 0 aromatic heterocycles. The van der Waals surface area contributed by atoms with Gasteiger partial charge in [0.05, 0.1) is 5.56 Å². The SMILES string of the molecule is CCC(C)CC(=O)Oc1ccc(C[C@H](N)C(=O)O[C@@H](C)COC(=O)c2ccccc2)cc1OC(=O)CC(C)CC. The van der Waals surface area contributed by atoms with Gasteiger partial charge in [0.1, 0.15) is 18.8 Å². The largest absolute Gasteiger partial charge is 0.458 e. The van der Waals surface area contributed by atoms with Crippen LogP contribution < -0.4 is 15.2 Å². The Balaban J connectivity index is 2.04. The van der Waals surface area contributed by atoms with Crippen molar-refractivity contribution in [2.75, 3.05) is 6.61 Å². The number of hydrogen-bond donors (Lipinski definition) is 1. The van der Waals surface area contributed by atoms with Crippen LogP contribution in [0.5, 0.6) is 11.5 Å². The number of benzene rings is 2. The average molecular weight is 556 g/mol. The summed E-state index contributed by atoms with van der Waals surface area (Å²) in [7, 11) is 0. The van der Waals surface area contributed by atoms with Gasteiger partial charge in [-0.1, -0.05) is 64.8 Å². The molecule has 218 valence electrons. The molecule has 9 heteroatoms. The first-order valence-corrected chi connectivity index (χ1v) is 13.7. The van der Waals surface area contributed by atoms with Crippen LogP contribution >= 0.6 is 0 Å². The van der Waals surface area contributed by atoms with Crippen LogP contribution in [-0.2, 0) is 30.3 Å². The van der Waals surface area contributed by atoms with Crippen molar-refractivity contribution in [3.63, 3.8) is 0 Å². The van der Waals surface area contributed by atoms with E-state index in [2.05, 4.69) is 0 Å². The molecule has 0 amide bonds. The van der Waals surface area contributed by atoms with Gasteiger partial charge < -0.3 is 24.7 Å². The van der Waals surface area contributed by atoms with E-state index >= 15 is 0 Å². The summed E-state index contributed by atoms with van der Waals surface area (Å²) in [4.78, 5) is 49.6. The predicted molar refractivity (Wildman–Crippen MR) is 150 cm³/mol. The molecule has 0 radical (unpaired) electrons. The Morgan fingerprint density at radius 2 is 1.38 bits per heavy atom. The third-order valence-corrected chi connectivity index (χ3v) is 6.41. The van der Waals surface area contributed by atoms with Gasteiger partial charge in [-0.25, -0.2) is 4.79 Å². The third kappa shape index (κ3) is 11.2. The van der Waals surface area contributed by atoms with Gasteiger partial charge in [-0.3, -0.25) is 14.4 Å². The maximum Gasteiger partial charge on any atom is 0.338 e. The molecule has 0 bridgehead atoms. The smallest absolute Gasteiger partial charge is 0.338 e.